The van der Waals surface area contributed by atoms with Gasteiger partial charge >= 0.3 is 5.97 Å². The smallest absolute Gasteiger partial charge is 0.303 e. The van der Waals surface area contributed by atoms with Crippen LogP contribution in [0.5, 0.6) is 0 Å². The van der Waals surface area contributed by atoms with Gasteiger partial charge in [0, 0.05) is 12.3 Å². The van der Waals surface area contributed by atoms with Crippen molar-refractivity contribution in [1.82, 2.24) is 20.8 Å². The number of nitrogens with two attached hydrogens (primary N) is 2. The Bertz CT molecular complexity index is 608. The zero-order valence-corrected chi connectivity index (χ0v) is 16.7. The lowest BCUT2D eigenvalue weighted by atomic mass is 9.96. The molecule has 2 atom stereocenters. The molecule has 0 spiro atoms. The number of piperidine rings is 1. The maximum Gasteiger partial charge on any atom is 0.303 e. The molecule has 1 aliphatic heterocycles. The third-order valence-electron chi connectivity index (χ3n) is 4.71. The lowest BCUT2D eigenvalue weighted by Crippen LogP contribution is -3.00. The minimum atomic E-state index is -0.950. The van der Waals surface area contributed by atoms with Gasteiger partial charge in [0.25, 0.3) is 0 Å². The Balaban J connectivity index is 0.00000392. The number of aromatic nitrogens is 2. The predicted molar refractivity (Wildman–Crippen MR) is 97.5 cm³/mol. The second-order valence-corrected chi connectivity index (χ2v) is 6.89. The molecule has 7 N–H and O–H groups in total. The summed E-state index contributed by atoms with van der Waals surface area (Å²) in [6.07, 6.45) is 3.94. The maximum absolute atomic E-state index is 12.5. The molecule has 1 aromatic heterocycles. The van der Waals surface area contributed by atoms with Crippen LogP contribution >= 0.6 is 0 Å². The minimum absolute atomic E-state index is 0. The average molecular weight is 418 g/mol. The molecule has 1 fully saturated rings. The van der Waals surface area contributed by atoms with Crippen LogP contribution in [-0.2, 0) is 9.59 Å². The van der Waals surface area contributed by atoms with Crippen LogP contribution in [0.1, 0.15) is 68.8 Å². The van der Waals surface area contributed by atoms with Crippen molar-refractivity contribution < 1.29 is 31.5 Å². The topological polar surface area (TPSA) is 169 Å². The molecule has 0 aliphatic carbocycles. The first-order valence-electron chi connectivity index (χ1n) is 9.53. The van der Waals surface area contributed by atoms with Crippen LogP contribution in [0.15, 0.2) is 4.42 Å². The van der Waals surface area contributed by atoms with Gasteiger partial charge in [0.05, 0.1) is 6.04 Å². The number of carboxylic acid groups (broad SMARTS) is 1. The van der Waals surface area contributed by atoms with Crippen molar-refractivity contribution in [2.24, 2.45) is 17.4 Å². The minimum Gasteiger partial charge on any atom is -1.00 e. The molecule has 0 saturated carbocycles. The van der Waals surface area contributed by atoms with E-state index in [-0.39, 0.29) is 43.0 Å². The molecule has 11 heteroatoms. The number of halogens is 1. The molecule has 0 radical (unpaired) electrons. The van der Waals surface area contributed by atoms with E-state index in [1.807, 2.05) is 0 Å². The largest absolute Gasteiger partial charge is 1.00 e. The van der Waals surface area contributed by atoms with Gasteiger partial charge in [0.2, 0.25) is 17.7 Å². The summed E-state index contributed by atoms with van der Waals surface area (Å²) in [5.41, 5.74) is 11.5. The van der Waals surface area contributed by atoms with E-state index in [1.54, 1.807) is 0 Å². The maximum atomic E-state index is 12.5. The van der Waals surface area contributed by atoms with Gasteiger partial charge in [-0.05, 0) is 51.7 Å². The van der Waals surface area contributed by atoms with E-state index in [4.69, 9.17) is 21.0 Å². The van der Waals surface area contributed by atoms with Crippen molar-refractivity contribution in [2.45, 2.75) is 57.0 Å². The van der Waals surface area contributed by atoms with E-state index in [0.717, 1.165) is 38.8 Å². The molecule has 2 unspecified atom stereocenters. The lowest BCUT2D eigenvalue weighted by molar-refractivity contribution is -0.137. The Labute approximate surface area is 170 Å². The molecular weight excluding hydrogens is 388 g/mol. The van der Waals surface area contributed by atoms with Crippen LogP contribution in [0.2, 0.25) is 0 Å². The normalized spacial score (nSPS) is 16.8. The van der Waals surface area contributed by atoms with E-state index in [0.29, 0.717) is 18.9 Å². The first-order valence-corrected chi connectivity index (χ1v) is 9.53. The molecular formula is C17H30ClN6O4-. The van der Waals surface area contributed by atoms with E-state index < -0.39 is 18.1 Å². The monoisotopic (exact) mass is 417 g/mol. The van der Waals surface area contributed by atoms with Crippen molar-refractivity contribution in [2.75, 3.05) is 19.6 Å². The van der Waals surface area contributed by atoms with Crippen molar-refractivity contribution >= 4 is 11.9 Å². The Morgan fingerprint density at radius 2 is 1.89 bits per heavy atom. The first kappa shape index (κ1) is 24.3. The van der Waals surface area contributed by atoms with Gasteiger partial charge < -0.3 is 44.0 Å². The highest BCUT2D eigenvalue weighted by Crippen LogP contribution is 2.23. The number of amides is 1. The molecule has 1 amide bonds. The molecule has 1 saturated heterocycles. The van der Waals surface area contributed by atoms with Crippen LogP contribution in [-0.4, -0.2) is 46.8 Å². The zero-order valence-electron chi connectivity index (χ0n) is 15.9. The van der Waals surface area contributed by atoms with Crippen LogP contribution in [0.3, 0.4) is 0 Å². The van der Waals surface area contributed by atoms with E-state index in [2.05, 4.69) is 20.8 Å². The van der Waals surface area contributed by atoms with Gasteiger partial charge in [-0.2, -0.15) is 0 Å². The van der Waals surface area contributed by atoms with Crippen LogP contribution in [0.4, 0.5) is 0 Å². The third kappa shape index (κ3) is 7.70. The number of carbonyl (C=O) groups excluding carboxylic acids is 1. The summed E-state index contributed by atoms with van der Waals surface area (Å²) < 4.78 is 5.66. The number of rotatable bonds is 11. The summed E-state index contributed by atoms with van der Waals surface area (Å²) in [5, 5.41) is 23.1. The number of aliphatic carboxylic acids is 1. The molecule has 2 rings (SSSR count). The van der Waals surface area contributed by atoms with E-state index in [9.17, 15) is 9.59 Å². The van der Waals surface area contributed by atoms with Crippen molar-refractivity contribution in [1.29, 1.82) is 0 Å². The Morgan fingerprint density at radius 3 is 2.54 bits per heavy atom. The first-order chi connectivity index (χ1) is 13.0. The number of carbonyl (C=O) groups is 2. The number of unbranched alkanes of at least 4 members (excludes halogenated alkanes) is 1. The summed E-state index contributed by atoms with van der Waals surface area (Å²) >= 11 is 0. The number of nitrogens with one attached hydrogen (secondary N) is 2. The second kappa shape index (κ2) is 12.7. The molecule has 28 heavy (non-hydrogen) atoms. The number of hydrogen-bond acceptors (Lipinski definition) is 8. The summed E-state index contributed by atoms with van der Waals surface area (Å²) in [6.45, 7) is 2.18. The highest BCUT2D eigenvalue weighted by atomic mass is 35.5. The van der Waals surface area contributed by atoms with Crippen molar-refractivity contribution in [3.63, 3.8) is 0 Å². The summed E-state index contributed by atoms with van der Waals surface area (Å²) in [5.74, 6) is -0.672. The highest BCUT2D eigenvalue weighted by Gasteiger charge is 2.27. The fraction of sp³-hybridized carbons (Fsp3) is 0.765. The van der Waals surface area contributed by atoms with Crippen LogP contribution in [0, 0.1) is 5.92 Å². The molecule has 10 nitrogen and oxygen atoms in total. The molecule has 160 valence electrons. The van der Waals surface area contributed by atoms with Gasteiger partial charge in [0.15, 0.2) is 0 Å². The van der Waals surface area contributed by atoms with Crippen molar-refractivity contribution in [3.8, 4) is 0 Å². The van der Waals surface area contributed by atoms with Gasteiger partial charge in [-0.25, -0.2) is 0 Å². The van der Waals surface area contributed by atoms with Gasteiger partial charge in [0.1, 0.15) is 6.04 Å². The van der Waals surface area contributed by atoms with E-state index >= 15 is 0 Å². The summed E-state index contributed by atoms with van der Waals surface area (Å²) in [4.78, 5) is 23.5. The standard InChI is InChI=1S/C17H30N6O4.ClH/c18-8-2-1-3-12(19)16-22-23-17(27-16)13(4-5-14(24)25)21-15(26)11-6-9-20-10-7-11;/h11-13,20H,1-10,18-19H2,(H,21,26)(H,24,25);1H/p-1. The van der Waals surface area contributed by atoms with Crippen molar-refractivity contribution in [3.05, 3.63) is 11.8 Å². The van der Waals surface area contributed by atoms with Gasteiger partial charge in [-0.3, -0.25) is 9.59 Å². The molecule has 1 aromatic rings. The zero-order chi connectivity index (χ0) is 19.6. The average Bonchev–Trinajstić information content (AvgIpc) is 3.15. The molecule has 0 aromatic carbocycles. The van der Waals surface area contributed by atoms with Gasteiger partial charge in [-0.15, -0.1) is 10.2 Å². The fourth-order valence-electron chi connectivity index (χ4n) is 3.07. The lowest BCUT2D eigenvalue weighted by Gasteiger charge is -2.24. The number of nitrogens with zero attached hydrogens (tertiary/aromatic N) is 2. The second-order valence-electron chi connectivity index (χ2n) is 6.89. The third-order valence-corrected chi connectivity index (χ3v) is 4.71. The molecule has 0 bridgehead atoms. The Morgan fingerprint density at radius 1 is 1.21 bits per heavy atom. The Hall–Kier alpha value is -1.75. The quantitative estimate of drug-likeness (QED) is 0.239. The highest BCUT2D eigenvalue weighted by molar-refractivity contribution is 5.79. The SMILES string of the molecule is NCCCCC(N)c1nnc(C(CCC(=O)O)NC(=O)C2CCNCC2)o1.[Cl-]. The predicted octanol–water partition coefficient (Wildman–Crippen LogP) is -2.78. The van der Waals surface area contributed by atoms with Crippen LogP contribution < -0.4 is 34.5 Å². The number of carboxylic acids is 1. The number of hydrogen-bond donors (Lipinski definition) is 5. The summed E-state index contributed by atoms with van der Waals surface area (Å²) in [6, 6.07) is -1.04. The van der Waals surface area contributed by atoms with Crippen LogP contribution in [0.25, 0.3) is 0 Å². The van der Waals surface area contributed by atoms with E-state index in [1.165, 1.54) is 0 Å². The molecule has 2 heterocycles. The Kier molecular flexibility index (Phi) is 11.0. The fourth-order valence-corrected chi connectivity index (χ4v) is 3.07. The van der Waals surface area contributed by atoms with Gasteiger partial charge in [-0.1, -0.05) is 6.42 Å². The summed E-state index contributed by atoms with van der Waals surface area (Å²) in [7, 11) is 0. The molecule has 1 aliphatic rings.